The zero-order valence-corrected chi connectivity index (χ0v) is 35.9. The van der Waals surface area contributed by atoms with E-state index in [1.165, 1.54) is 117 Å². The first kappa shape index (κ1) is 38.7. The van der Waals surface area contributed by atoms with Crippen molar-refractivity contribution in [3.63, 3.8) is 0 Å². The van der Waals surface area contributed by atoms with Gasteiger partial charge in [0.25, 0.3) is 0 Å². The van der Waals surface area contributed by atoms with E-state index in [0.717, 1.165) is 0 Å². The zero-order valence-electron chi connectivity index (χ0n) is 35.9. The van der Waals surface area contributed by atoms with Gasteiger partial charge in [0.05, 0.1) is 11.4 Å². The maximum absolute atomic E-state index is 2.53. The zero-order chi connectivity index (χ0) is 40.2. The van der Waals surface area contributed by atoms with E-state index in [4.69, 9.17) is 0 Å². The molecule has 2 heteroatoms. The summed E-state index contributed by atoms with van der Waals surface area (Å²) in [5.41, 5.74) is 18.5. The molecule has 8 rings (SSSR count). The van der Waals surface area contributed by atoms with Crippen molar-refractivity contribution in [3.05, 3.63) is 165 Å². The Morgan fingerprint density at radius 3 is 0.946 bits per heavy atom. The lowest BCUT2D eigenvalue weighted by Gasteiger charge is -2.34. The Morgan fingerprint density at radius 1 is 0.339 bits per heavy atom. The number of hydrogen-bond donors (Lipinski definition) is 0. The minimum Gasteiger partial charge on any atom is -0.309 e. The molecule has 0 radical (unpaired) electrons. The highest BCUT2D eigenvalue weighted by atomic mass is 15.2. The van der Waals surface area contributed by atoms with Gasteiger partial charge in [0.1, 0.15) is 0 Å². The van der Waals surface area contributed by atoms with E-state index < -0.39 is 0 Å². The third-order valence-corrected chi connectivity index (χ3v) is 11.4. The lowest BCUT2D eigenvalue weighted by Crippen LogP contribution is -2.17. The molecule has 2 nitrogen and oxygen atoms in total. The van der Waals surface area contributed by atoms with Gasteiger partial charge in [0.15, 0.2) is 0 Å². The summed E-state index contributed by atoms with van der Waals surface area (Å²) < 4.78 is 0. The summed E-state index contributed by atoms with van der Waals surface area (Å²) >= 11 is 0. The average molecular weight is 735 g/mol. The van der Waals surface area contributed by atoms with Gasteiger partial charge in [0.2, 0.25) is 0 Å². The summed E-state index contributed by atoms with van der Waals surface area (Å²) in [7, 11) is 0. The van der Waals surface area contributed by atoms with Crippen LogP contribution in [0.25, 0.3) is 32.3 Å². The van der Waals surface area contributed by atoms with Crippen molar-refractivity contribution in [2.24, 2.45) is 0 Å². The highest BCUT2D eigenvalue weighted by molar-refractivity contribution is 6.29. The molecule has 8 aromatic rings. The molecule has 0 saturated heterocycles. The van der Waals surface area contributed by atoms with Crippen LogP contribution in [0.15, 0.2) is 115 Å². The lowest BCUT2D eigenvalue weighted by atomic mass is 9.83. The summed E-state index contributed by atoms with van der Waals surface area (Å²) in [6.45, 7) is 28.7. The highest BCUT2D eigenvalue weighted by Gasteiger charge is 2.27. The van der Waals surface area contributed by atoms with Gasteiger partial charge in [-0.1, -0.05) is 142 Å². The molecule has 0 aliphatic heterocycles. The first-order valence-corrected chi connectivity index (χ1v) is 20.3. The number of benzene rings is 8. The van der Waals surface area contributed by atoms with E-state index in [1.807, 2.05) is 13.8 Å². The minimum atomic E-state index is 0.0340. The minimum absolute atomic E-state index is 0.0340. The Hall–Kier alpha value is -5.60. The maximum Gasteiger partial charge on any atom is 0.0561 e. The predicted molar refractivity (Wildman–Crippen MR) is 247 cm³/mol. The van der Waals surface area contributed by atoms with Gasteiger partial charge < -0.3 is 9.80 Å². The molecule has 0 aromatic heterocycles. The molecule has 0 aliphatic carbocycles. The van der Waals surface area contributed by atoms with Crippen molar-refractivity contribution < 1.29 is 0 Å². The fourth-order valence-corrected chi connectivity index (χ4v) is 8.69. The van der Waals surface area contributed by atoms with Gasteiger partial charge in [-0.05, 0) is 135 Å². The Balaban J connectivity index is 0.00000237. The predicted octanol–water partition coefficient (Wildman–Crippen LogP) is 16.3. The molecular weight excluding hydrogens is 677 g/mol. The van der Waals surface area contributed by atoms with Crippen LogP contribution in [-0.2, 0) is 5.41 Å². The van der Waals surface area contributed by atoms with E-state index in [9.17, 15) is 0 Å². The van der Waals surface area contributed by atoms with Gasteiger partial charge in [0, 0.05) is 38.9 Å². The molecule has 0 atom stereocenters. The monoisotopic (exact) mass is 734 g/mol. The van der Waals surface area contributed by atoms with Gasteiger partial charge in [-0.2, -0.15) is 0 Å². The van der Waals surface area contributed by atoms with Crippen molar-refractivity contribution in [1.82, 2.24) is 0 Å². The highest BCUT2D eigenvalue weighted by Crippen LogP contribution is 2.52. The topological polar surface area (TPSA) is 6.48 Å². The van der Waals surface area contributed by atoms with Crippen LogP contribution < -0.4 is 9.80 Å². The molecule has 284 valence electrons. The van der Waals surface area contributed by atoms with Crippen molar-refractivity contribution in [2.75, 3.05) is 9.80 Å². The first-order chi connectivity index (χ1) is 26.7. The SMILES string of the molecule is CC.Cc1ccc(N(c2ccc(C)cc2C)c2cc(N(c3ccc(C)cc3C)c3ccc(C)cc3C)c3ccc4cc(C(C)(C)C)cc5ccc2c3c54)c(C)c1. The number of hydrogen-bond acceptors (Lipinski definition) is 2. The summed E-state index contributed by atoms with van der Waals surface area (Å²) in [5.74, 6) is 0. The second-order valence-corrected chi connectivity index (χ2v) is 16.9. The van der Waals surface area contributed by atoms with Gasteiger partial charge in [-0.15, -0.1) is 0 Å². The quantitative estimate of drug-likeness (QED) is 0.157. The van der Waals surface area contributed by atoms with Crippen LogP contribution in [0.3, 0.4) is 0 Å². The van der Waals surface area contributed by atoms with E-state index in [-0.39, 0.29) is 5.41 Å². The summed E-state index contributed by atoms with van der Waals surface area (Å²) in [6, 6.07) is 44.3. The third-order valence-electron chi connectivity index (χ3n) is 11.4. The molecule has 0 heterocycles. The Labute approximate surface area is 335 Å². The molecule has 0 N–H and O–H groups in total. The summed E-state index contributed by atoms with van der Waals surface area (Å²) in [4.78, 5) is 5.06. The van der Waals surface area contributed by atoms with Crippen LogP contribution in [0.4, 0.5) is 34.1 Å². The number of rotatable bonds is 6. The van der Waals surface area contributed by atoms with Crippen LogP contribution in [0.5, 0.6) is 0 Å². The fourth-order valence-electron chi connectivity index (χ4n) is 8.69. The molecule has 8 aromatic carbocycles. The third kappa shape index (κ3) is 6.81. The van der Waals surface area contributed by atoms with Crippen LogP contribution in [0.1, 0.15) is 84.7 Å². The standard InChI is InChI=1S/C52H52N2.C2H6/c1-31-12-20-44(35(5)24-31)53(45-21-13-32(2)25-36(45)6)48-30-49(54(46-22-14-33(3)26-37(46)7)47-23-15-34(4)27-38(47)8)43-19-17-40-29-41(52(9,10)11)28-39-16-18-42(48)51(43)50(39)40;1-2/h12-30H,1-11H3;1-2H3. The van der Waals surface area contributed by atoms with E-state index >= 15 is 0 Å². The molecule has 0 amide bonds. The van der Waals surface area contributed by atoms with E-state index in [0.29, 0.717) is 0 Å². The lowest BCUT2D eigenvalue weighted by molar-refractivity contribution is 0.591. The molecule has 0 aliphatic rings. The molecule has 0 fully saturated rings. The smallest absolute Gasteiger partial charge is 0.0561 e. The molecule has 56 heavy (non-hydrogen) atoms. The van der Waals surface area contributed by atoms with Gasteiger partial charge in [-0.3, -0.25) is 0 Å². The number of nitrogens with zero attached hydrogens (tertiary/aromatic N) is 2. The van der Waals surface area contributed by atoms with Crippen LogP contribution in [0.2, 0.25) is 0 Å². The van der Waals surface area contributed by atoms with Crippen molar-refractivity contribution >= 4 is 66.4 Å². The Bertz CT molecular complexity index is 2460. The van der Waals surface area contributed by atoms with Crippen molar-refractivity contribution in [3.8, 4) is 0 Å². The molecule has 0 unspecified atom stereocenters. The largest absolute Gasteiger partial charge is 0.309 e. The molecule has 0 bridgehead atoms. The fraction of sp³-hybridized carbons (Fsp3) is 0.259. The maximum atomic E-state index is 2.53. The van der Waals surface area contributed by atoms with E-state index in [2.05, 4.69) is 201 Å². The van der Waals surface area contributed by atoms with Crippen LogP contribution >= 0.6 is 0 Å². The van der Waals surface area contributed by atoms with Crippen molar-refractivity contribution in [2.45, 2.75) is 95.4 Å². The Morgan fingerprint density at radius 2 is 0.661 bits per heavy atom. The van der Waals surface area contributed by atoms with Gasteiger partial charge in [-0.25, -0.2) is 0 Å². The normalized spacial score (nSPS) is 11.7. The number of aryl methyl sites for hydroxylation is 8. The average Bonchev–Trinajstić information content (AvgIpc) is 3.14. The van der Waals surface area contributed by atoms with Crippen LogP contribution in [0, 0.1) is 55.4 Å². The molecule has 0 saturated carbocycles. The summed E-state index contributed by atoms with van der Waals surface area (Å²) in [5, 5.41) is 7.69. The number of anilines is 6. The second kappa shape index (κ2) is 14.8. The van der Waals surface area contributed by atoms with E-state index in [1.54, 1.807) is 0 Å². The first-order valence-electron chi connectivity index (χ1n) is 20.3. The van der Waals surface area contributed by atoms with Crippen LogP contribution in [-0.4, -0.2) is 0 Å². The van der Waals surface area contributed by atoms with Gasteiger partial charge >= 0.3 is 0 Å². The van der Waals surface area contributed by atoms with Crippen molar-refractivity contribution in [1.29, 1.82) is 0 Å². The molecular formula is C54H58N2. The summed E-state index contributed by atoms with van der Waals surface area (Å²) in [6.07, 6.45) is 0. The second-order valence-electron chi connectivity index (χ2n) is 16.9. The molecule has 0 spiro atoms. The Kier molecular flexibility index (Phi) is 10.2.